The monoisotopic (exact) mass is 204 g/mol. The van der Waals surface area contributed by atoms with Crippen molar-refractivity contribution in [3.63, 3.8) is 0 Å². The van der Waals surface area contributed by atoms with E-state index in [0.29, 0.717) is 5.57 Å². The van der Waals surface area contributed by atoms with E-state index in [4.69, 9.17) is 4.74 Å². The minimum absolute atomic E-state index is 0.225. The number of halogens is 1. The third kappa shape index (κ3) is 0.985. The maximum Gasteiger partial charge on any atom is 0.335 e. The SMILES string of the molecule is CC1=C(Br)C(C)(C)OC1=O. The van der Waals surface area contributed by atoms with Gasteiger partial charge in [-0.05, 0) is 20.8 Å². The average Bonchev–Trinajstić information content (AvgIpc) is 1.95. The first-order valence-corrected chi connectivity index (χ1v) is 3.84. The zero-order valence-electron chi connectivity index (χ0n) is 6.19. The molecule has 1 rings (SSSR count). The number of ether oxygens (including phenoxy) is 1. The zero-order chi connectivity index (χ0) is 7.94. The van der Waals surface area contributed by atoms with Gasteiger partial charge < -0.3 is 4.74 Å². The summed E-state index contributed by atoms with van der Waals surface area (Å²) in [7, 11) is 0. The fourth-order valence-electron chi connectivity index (χ4n) is 0.894. The standard InChI is InChI=1S/C7H9BrO2/c1-4-5(8)7(2,3)10-6(4)9/h1-3H3. The lowest BCUT2D eigenvalue weighted by Gasteiger charge is -2.16. The Hall–Kier alpha value is -0.310. The predicted molar refractivity (Wildman–Crippen MR) is 41.8 cm³/mol. The molecule has 0 spiro atoms. The van der Waals surface area contributed by atoms with E-state index in [1.165, 1.54) is 0 Å². The number of esters is 1. The number of hydrogen-bond donors (Lipinski definition) is 0. The second-order valence-corrected chi connectivity index (χ2v) is 3.63. The van der Waals surface area contributed by atoms with Crippen molar-refractivity contribution in [2.24, 2.45) is 0 Å². The van der Waals surface area contributed by atoms with Gasteiger partial charge in [-0.2, -0.15) is 0 Å². The quantitative estimate of drug-likeness (QED) is 0.565. The summed E-state index contributed by atoms with van der Waals surface area (Å²) in [5, 5.41) is 0. The minimum atomic E-state index is -0.457. The van der Waals surface area contributed by atoms with Gasteiger partial charge in [0.25, 0.3) is 0 Å². The summed E-state index contributed by atoms with van der Waals surface area (Å²) in [6.45, 7) is 5.46. The van der Waals surface area contributed by atoms with E-state index in [1.807, 2.05) is 13.8 Å². The molecule has 0 saturated heterocycles. The zero-order valence-corrected chi connectivity index (χ0v) is 7.78. The molecule has 2 nitrogen and oxygen atoms in total. The first-order chi connectivity index (χ1) is 4.45. The maximum atomic E-state index is 10.9. The molecule has 0 aromatic heterocycles. The van der Waals surface area contributed by atoms with Gasteiger partial charge in [0.15, 0.2) is 0 Å². The highest BCUT2D eigenvalue weighted by Crippen LogP contribution is 2.35. The molecular formula is C7H9BrO2. The van der Waals surface area contributed by atoms with Crippen molar-refractivity contribution in [2.75, 3.05) is 0 Å². The van der Waals surface area contributed by atoms with Crippen LogP contribution in [0.5, 0.6) is 0 Å². The molecule has 0 aromatic carbocycles. The molecule has 56 valence electrons. The van der Waals surface area contributed by atoms with Crippen LogP contribution < -0.4 is 0 Å². The van der Waals surface area contributed by atoms with Crippen molar-refractivity contribution < 1.29 is 9.53 Å². The molecule has 1 heterocycles. The second-order valence-electron chi connectivity index (χ2n) is 2.84. The molecule has 0 amide bonds. The van der Waals surface area contributed by atoms with E-state index in [1.54, 1.807) is 6.92 Å². The molecule has 0 radical (unpaired) electrons. The van der Waals surface area contributed by atoms with E-state index < -0.39 is 5.60 Å². The van der Waals surface area contributed by atoms with E-state index in [2.05, 4.69) is 15.9 Å². The fraction of sp³-hybridized carbons (Fsp3) is 0.571. The predicted octanol–water partition coefficient (Wildman–Crippen LogP) is 1.99. The van der Waals surface area contributed by atoms with Crippen LogP contribution in [0.4, 0.5) is 0 Å². The second kappa shape index (κ2) is 2.09. The molecular weight excluding hydrogens is 196 g/mol. The van der Waals surface area contributed by atoms with Gasteiger partial charge in [0, 0.05) is 10.1 Å². The number of hydrogen-bond acceptors (Lipinski definition) is 2. The summed E-state index contributed by atoms with van der Waals surface area (Å²) in [5.41, 5.74) is 0.214. The summed E-state index contributed by atoms with van der Waals surface area (Å²) >= 11 is 3.30. The van der Waals surface area contributed by atoms with Gasteiger partial charge in [0.2, 0.25) is 0 Å². The largest absolute Gasteiger partial charge is 0.451 e. The highest BCUT2D eigenvalue weighted by Gasteiger charge is 2.36. The Bertz CT molecular complexity index is 216. The van der Waals surface area contributed by atoms with E-state index >= 15 is 0 Å². The van der Waals surface area contributed by atoms with Gasteiger partial charge >= 0.3 is 5.97 Å². The van der Waals surface area contributed by atoms with Crippen LogP contribution in [0.1, 0.15) is 20.8 Å². The van der Waals surface area contributed by atoms with Crippen LogP contribution in [-0.4, -0.2) is 11.6 Å². The Kier molecular flexibility index (Phi) is 1.63. The first kappa shape index (κ1) is 7.79. The summed E-state index contributed by atoms with van der Waals surface area (Å²) in [6, 6.07) is 0. The van der Waals surface area contributed by atoms with Gasteiger partial charge in [0.1, 0.15) is 5.60 Å². The topological polar surface area (TPSA) is 26.3 Å². The van der Waals surface area contributed by atoms with Gasteiger partial charge in [-0.1, -0.05) is 15.9 Å². The molecule has 0 aliphatic carbocycles. The summed E-state index contributed by atoms with van der Waals surface area (Å²) < 4.78 is 5.87. The molecule has 3 heteroatoms. The van der Waals surface area contributed by atoms with Crippen molar-refractivity contribution in [1.82, 2.24) is 0 Å². The minimum Gasteiger partial charge on any atom is -0.451 e. The Morgan fingerprint density at radius 1 is 1.50 bits per heavy atom. The lowest BCUT2D eigenvalue weighted by atomic mass is 10.1. The van der Waals surface area contributed by atoms with Crippen molar-refractivity contribution >= 4 is 21.9 Å². The number of carbonyl (C=O) groups is 1. The van der Waals surface area contributed by atoms with E-state index in [-0.39, 0.29) is 5.97 Å². The summed E-state index contributed by atoms with van der Waals surface area (Å²) in [4.78, 5) is 10.9. The Morgan fingerprint density at radius 3 is 2.10 bits per heavy atom. The van der Waals surface area contributed by atoms with E-state index in [0.717, 1.165) is 4.48 Å². The van der Waals surface area contributed by atoms with Crippen LogP contribution in [0.3, 0.4) is 0 Å². The van der Waals surface area contributed by atoms with Crippen molar-refractivity contribution in [3.8, 4) is 0 Å². The highest BCUT2D eigenvalue weighted by atomic mass is 79.9. The molecule has 0 aromatic rings. The van der Waals surface area contributed by atoms with Crippen LogP contribution in [-0.2, 0) is 9.53 Å². The normalized spacial score (nSPS) is 23.4. The number of carbonyl (C=O) groups excluding carboxylic acids is 1. The number of rotatable bonds is 0. The smallest absolute Gasteiger partial charge is 0.335 e. The van der Waals surface area contributed by atoms with Gasteiger partial charge in [0.05, 0.1) is 0 Å². The molecule has 0 unspecified atom stereocenters. The lowest BCUT2D eigenvalue weighted by Crippen LogP contribution is -2.20. The number of cyclic esters (lactones) is 1. The van der Waals surface area contributed by atoms with Crippen LogP contribution in [0.2, 0.25) is 0 Å². The van der Waals surface area contributed by atoms with E-state index in [9.17, 15) is 4.79 Å². The first-order valence-electron chi connectivity index (χ1n) is 3.05. The van der Waals surface area contributed by atoms with Crippen LogP contribution in [0, 0.1) is 0 Å². The molecule has 0 fully saturated rings. The third-order valence-electron chi connectivity index (χ3n) is 1.51. The third-order valence-corrected chi connectivity index (χ3v) is 3.06. The highest BCUT2D eigenvalue weighted by molar-refractivity contribution is 9.11. The molecule has 10 heavy (non-hydrogen) atoms. The lowest BCUT2D eigenvalue weighted by molar-refractivity contribution is -0.144. The van der Waals surface area contributed by atoms with Crippen LogP contribution in [0.25, 0.3) is 0 Å². The molecule has 0 atom stereocenters. The molecule has 1 aliphatic rings. The summed E-state index contributed by atoms with van der Waals surface area (Å²) in [6.07, 6.45) is 0. The maximum absolute atomic E-state index is 10.9. The van der Waals surface area contributed by atoms with Crippen molar-refractivity contribution in [2.45, 2.75) is 26.4 Å². The Balaban J connectivity index is 3.06. The molecule has 0 bridgehead atoms. The summed E-state index contributed by atoms with van der Waals surface area (Å²) in [5.74, 6) is -0.225. The molecule has 0 saturated carbocycles. The molecule has 1 aliphatic heterocycles. The van der Waals surface area contributed by atoms with Gasteiger partial charge in [-0.25, -0.2) is 4.79 Å². The average molecular weight is 205 g/mol. The fourth-order valence-corrected chi connectivity index (χ4v) is 1.14. The van der Waals surface area contributed by atoms with Crippen molar-refractivity contribution in [3.05, 3.63) is 10.1 Å². The van der Waals surface area contributed by atoms with Crippen molar-refractivity contribution in [1.29, 1.82) is 0 Å². The van der Waals surface area contributed by atoms with Crippen LogP contribution >= 0.6 is 15.9 Å². The van der Waals surface area contributed by atoms with Gasteiger partial charge in [-0.15, -0.1) is 0 Å². The Morgan fingerprint density at radius 2 is 2.00 bits per heavy atom. The Labute approximate surface area is 68.4 Å². The van der Waals surface area contributed by atoms with Gasteiger partial charge in [-0.3, -0.25) is 0 Å². The van der Waals surface area contributed by atoms with Crippen LogP contribution in [0.15, 0.2) is 10.1 Å². The molecule has 0 N–H and O–H groups in total.